The van der Waals surface area contributed by atoms with Gasteiger partial charge in [-0.25, -0.2) is 9.59 Å². The molecule has 0 saturated heterocycles. The maximum atomic E-state index is 13.0. The number of hydrogen-bond acceptors (Lipinski definition) is 5. The van der Waals surface area contributed by atoms with Crippen LogP contribution in [0.5, 0.6) is 0 Å². The van der Waals surface area contributed by atoms with Crippen molar-refractivity contribution in [2.24, 2.45) is 0 Å². The quantitative estimate of drug-likeness (QED) is 0.513. The van der Waals surface area contributed by atoms with Crippen molar-refractivity contribution in [3.8, 4) is 11.1 Å². The lowest BCUT2D eigenvalue weighted by Crippen LogP contribution is -2.50. The highest BCUT2D eigenvalue weighted by molar-refractivity contribution is 5.99. The molecule has 0 fully saturated rings. The maximum Gasteiger partial charge on any atom is 0.407 e. The SMILES string of the molecule is COC[C@H](NC(=O)OCC1c2ccccc2-c2ccccc21)C(=O)N(C)c1ccc(C(=O)O)cc1. The van der Waals surface area contributed by atoms with Crippen LogP contribution < -0.4 is 10.2 Å². The zero-order valence-electron chi connectivity index (χ0n) is 19.4. The molecule has 2 N–H and O–H groups in total. The fourth-order valence-corrected chi connectivity index (χ4v) is 4.31. The molecule has 1 atom stereocenters. The molecule has 180 valence electrons. The Balaban J connectivity index is 1.42. The lowest BCUT2D eigenvalue weighted by Gasteiger charge is -2.24. The zero-order valence-corrected chi connectivity index (χ0v) is 19.4. The van der Waals surface area contributed by atoms with Crippen molar-refractivity contribution in [1.82, 2.24) is 5.32 Å². The second-order valence-electron chi connectivity index (χ2n) is 8.23. The van der Waals surface area contributed by atoms with E-state index in [1.165, 1.54) is 36.3 Å². The molecule has 2 amide bonds. The number of rotatable bonds is 8. The number of alkyl carbamates (subject to hydrolysis) is 1. The number of benzene rings is 3. The summed E-state index contributed by atoms with van der Waals surface area (Å²) in [5, 5.41) is 11.7. The second-order valence-corrected chi connectivity index (χ2v) is 8.23. The number of hydrogen-bond donors (Lipinski definition) is 2. The summed E-state index contributed by atoms with van der Waals surface area (Å²) in [5.74, 6) is -1.58. The van der Waals surface area contributed by atoms with E-state index >= 15 is 0 Å². The van der Waals surface area contributed by atoms with Crippen molar-refractivity contribution in [3.63, 3.8) is 0 Å². The fraction of sp³-hybridized carbons (Fsp3) is 0.222. The van der Waals surface area contributed by atoms with Gasteiger partial charge in [-0.05, 0) is 46.5 Å². The van der Waals surface area contributed by atoms with Gasteiger partial charge in [0.1, 0.15) is 12.6 Å². The molecule has 0 bridgehead atoms. The van der Waals surface area contributed by atoms with Crippen molar-refractivity contribution in [3.05, 3.63) is 89.5 Å². The molecule has 0 unspecified atom stereocenters. The van der Waals surface area contributed by atoms with E-state index in [1.807, 2.05) is 36.4 Å². The van der Waals surface area contributed by atoms with E-state index in [4.69, 9.17) is 14.6 Å². The molecule has 0 aliphatic heterocycles. The summed E-state index contributed by atoms with van der Waals surface area (Å²) < 4.78 is 10.7. The van der Waals surface area contributed by atoms with Crippen LogP contribution in [0.25, 0.3) is 11.1 Å². The molecule has 3 aromatic rings. The summed E-state index contributed by atoms with van der Waals surface area (Å²) in [6, 6.07) is 20.9. The molecule has 8 nitrogen and oxygen atoms in total. The number of anilines is 1. The number of nitrogens with zero attached hydrogens (tertiary/aromatic N) is 1. The fourth-order valence-electron chi connectivity index (χ4n) is 4.31. The summed E-state index contributed by atoms with van der Waals surface area (Å²) in [6.07, 6.45) is -0.725. The Morgan fingerprint density at radius 3 is 2.06 bits per heavy atom. The first-order valence-electron chi connectivity index (χ1n) is 11.1. The molecule has 1 aliphatic carbocycles. The average Bonchev–Trinajstić information content (AvgIpc) is 3.20. The van der Waals surface area contributed by atoms with Gasteiger partial charge in [-0.1, -0.05) is 48.5 Å². The van der Waals surface area contributed by atoms with E-state index in [0.717, 1.165) is 22.3 Å². The third-order valence-electron chi connectivity index (χ3n) is 6.10. The van der Waals surface area contributed by atoms with Crippen molar-refractivity contribution < 1.29 is 29.0 Å². The van der Waals surface area contributed by atoms with Gasteiger partial charge in [0.2, 0.25) is 0 Å². The summed E-state index contributed by atoms with van der Waals surface area (Å²) in [6.45, 7) is 0.0703. The molecule has 3 aromatic carbocycles. The Kier molecular flexibility index (Phi) is 7.12. The number of nitrogens with one attached hydrogen (secondary N) is 1. The van der Waals surface area contributed by atoms with Crippen molar-refractivity contribution in [2.75, 3.05) is 32.3 Å². The Bertz CT molecular complexity index is 1190. The van der Waals surface area contributed by atoms with Gasteiger partial charge in [0.15, 0.2) is 0 Å². The number of carbonyl (C=O) groups excluding carboxylic acids is 2. The van der Waals surface area contributed by atoms with Crippen molar-refractivity contribution in [2.45, 2.75) is 12.0 Å². The molecule has 8 heteroatoms. The number of aromatic carboxylic acids is 1. The molecule has 0 radical (unpaired) electrons. The van der Waals surface area contributed by atoms with Crippen LogP contribution in [0, 0.1) is 0 Å². The summed E-state index contributed by atoms with van der Waals surface area (Å²) in [4.78, 5) is 38.1. The van der Waals surface area contributed by atoms with Gasteiger partial charge in [-0.3, -0.25) is 4.79 Å². The highest BCUT2D eigenvalue weighted by atomic mass is 16.5. The third kappa shape index (κ3) is 5.02. The first-order chi connectivity index (χ1) is 16.9. The first kappa shape index (κ1) is 24.0. The van der Waals surface area contributed by atoms with Gasteiger partial charge in [-0.2, -0.15) is 0 Å². The van der Waals surface area contributed by atoms with Gasteiger partial charge < -0.3 is 24.8 Å². The van der Waals surface area contributed by atoms with Crippen LogP contribution in [0.2, 0.25) is 0 Å². The number of carboxylic acids is 1. The van der Waals surface area contributed by atoms with Crippen LogP contribution in [-0.2, 0) is 14.3 Å². The van der Waals surface area contributed by atoms with Crippen LogP contribution in [0.3, 0.4) is 0 Å². The predicted octanol–water partition coefficient (Wildman–Crippen LogP) is 3.90. The van der Waals surface area contributed by atoms with Crippen LogP contribution in [0.1, 0.15) is 27.4 Å². The van der Waals surface area contributed by atoms with Crippen LogP contribution in [0.4, 0.5) is 10.5 Å². The minimum Gasteiger partial charge on any atom is -0.478 e. The summed E-state index contributed by atoms with van der Waals surface area (Å²) >= 11 is 0. The number of carboxylic acid groups (broad SMARTS) is 1. The van der Waals surface area contributed by atoms with Gasteiger partial charge >= 0.3 is 12.1 Å². The standard InChI is InChI=1S/C27H26N2O6/c1-29(18-13-11-17(12-14-18)26(31)32)25(30)24(16-34-2)28-27(33)35-15-23-21-9-5-3-7-19(21)20-8-4-6-10-22(20)23/h3-14,23-24H,15-16H2,1-2H3,(H,28,33)(H,31,32)/t24-/m0/s1. The van der Waals surface area contributed by atoms with E-state index in [2.05, 4.69) is 17.4 Å². The number of carbonyl (C=O) groups is 3. The third-order valence-corrected chi connectivity index (χ3v) is 6.10. The topological polar surface area (TPSA) is 105 Å². The molecule has 4 rings (SSSR count). The molecule has 0 aromatic heterocycles. The van der Waals surface area contributed by atoms with Gasteiger partial charge in [0.05, 0.1) is 12.2 Å². The monoisotopic (exact) mass is 474 g/mol. The number of ether oxygens (including phenoxy) is 2. The molecule has 35 heavy (non-hydrogen) atoms. The van der Waals surface area contributed by atoms with E-state index in [0.29, 0.717) is 5.69 Å². The van der Waals surface area contributed by atoms with E-state index in [9.17, 15) is 14.4 Å². The smallest absolute Gasteiger partial charge is 0.407 e. The highest BCUT2D eigenvalue weighted by Gasteiger charge is 2.30. The minimum absolute atomic E-state index is 0.0550. The van der Waals surface area contributed by atoms with Gasteiger partial charge in [0.25, 0.3) is 5.91 Å². The van der Waals surface area contributed by atoms with E-state index in [-0.39, 0.29) is 24.7 Å². The minimum atomic E-state index is -1.06. The van der Waals surface area contributed by atoms with Crippen LogP contribution in [-0.4, -0.2) is 56.5 Å². The second kappa shape index (κ2) is 10.4. The molecule has 0 spiro atoms. The van der Waals surface area contributed by atoms with E-state index in [1.54, 1.807) is 7.05 Å². The maximum absolute atomic E-state index is 13.0. The lowest BCUT2D eigenvalue weighted by atomic mass is 9.98. The first-order valence-corrected chi connectivity index (χ1v) is 11.1. The predicted molar refractivity (Wildman–Crippen MR) is 131 cm³/mol. The Morgan fingerprint density at radius 1 is 0.943 bits per heavy atom. The zero-order chi connectivity index (χ0) is 24.9. The number of methoxy groups -OCH3 is 1. The van der Waals surface area contributed by atoms with Gasteiger partial charge in [0, 0.05) is 25.8 Å². The largest absolute Gasteiger partial charge is 0.478 e. The summed E-state index contributed by atoms with van der Waals surface area (Å²) in [7, 11) is 2.97. The Hall–Kier alpha value is -4.17. The average molecular weight is 475 g/mol. The molecular formula is C27H26N2O6. The van der Waals surface area contributed by atoms with Crippen LogP contribution >= 0.6 is 0 Å². The molecular weight excluding hydrogens is 448 g/mol. The lowest BCUT2D eigenvalue weighted by molar-refractivity contribution is -0.121. The Labute approximate surface area is 203 Å². The summed E-state index contributed by atoms with van der Waals surface area (Å²) in [5.41, 5.74) is 5.03. The normalized spacial score (nSPS) is 12.9. The molecule has 1 aliphatic rings. The number of likely N-dealkylation sites (N-methyl/N-ethyl adjacent to an activating group) is 1. The molecule has 0 saturated carbocycles. The highest BCUT2D eigenvalue weighted by Crippen LogP contribution is 2.44. The van der Waals surface area contributed by atoms with Crippen LogP contribution in [0.15, 0.2) is 72.8 Å². The number of amides is 2. The van der Waals surface area contributed by atoms with Crippen molar-refractivity contribution in [1.29, 1.82) is 0 Å². The van der Waals surface area contributed by atoms with Crippen molar-refractivity contribution >= 4 is 23.7 Å². The van der Waals surface area contributed by atoms with E-state index < -0.39 is 24.0 Å². The number of fused-ring (bicyclic) bond motifs is 3. The Morgan fingerprint density at radius 2 is 1.51 bits per heavy atom. The van der Waals surface area contributed by atoms with Gasteiger partial charge in [-0.15, -0.1) is 0 Å². The molecule has 0 heterocycles.